The first-order valence-corrected chi connectivity index (χ1v) is 8.14. The van der Waals surface area contributed by atoms with Gasteiger partial charge in [-0.05, 0) is 48.8 Å². The number of hydrogen-bond acceptors (Lipinski definition) is 3. The van der Waals surface area contributed by atoms with Crippen LogP contribution < -0.4 is 5.56 Å². The fourth-order valence-corrected chi connectivity index (χ4v) is 3.44. The molecule has 0 radical (unpaired) electrons. The lowest BCUT2D eigenvalue weighted by atomic mass is 9.83. The maximum Gasteiger partial charge on any atom is 0.264 e. The minimum absolute atomic E-state index is 0.0351. The van der Waals surface area contributed by atoms with Crippen LogP contribution in [0.2, 0.25) is 0 Å². The van der Waals surface area contributed by atoms with E-state index in [1.54, 1.807) is 0 Å². The Morgan fingerprint density at radius 2 is 2.00 bits per heavy atom. The number of ether oxygens (including phenoxy) is 1. The predicted octanol–water partition coefficient (Wildman–Crippen LogP) is 3.13. The van der Waals surface area contributed by atoms with Gasteiger partial charge in [-0.1, -0.05) is 26.2 Å². The Balaban J connectivity index is 2.47. The molecule has 1 N–H and O–H groups in total. The second-order valence-corrected chi connectivity index (χ2v) is 6.10. The van der Waals surface area contributed by atoms with E-state index in [1.807, 2.05) is 13.8 Å². The summed E-state index contributed by atoms with van der Waals surface area (Å²) >= 11 is 2.07. The summed E-state index contributed by atoms with van der Waals surface area (Å²) in [6.07, 6.45) is 6.19. The molecule has 0 bridgehead atoms. The number of aromatic amines is 1. The van der Waals surface area contributed by atoms with Crippen LogP contribution in [0.3, 0.4) is 0 Å². The number of halogens is 1. The number of nitrogens with zero attached hydrogens (tertiary/aromatic N) is 1. The second-order valence-electron chi connectivity index (χ2n) is 5.02. The minimum atomic E-state index is -0.375. The van der Waals surface area contributed by atoms with E-state index in [1.165, 1.54) is 6.42 Å². The Morgan fingerprint density at radius 3 is 2.58 bits per heavy atom. The number of H-pyrrole nitrogens is 1. The molecule has 0 unspecified atom stereocenters. The molecule has 0 aliphatic heterocycles. The van der Waals surface area contributed by atoms with Crippen LogP contribution in [0, 0.1) is 3.57 Å². The highest BCUT2D eigenvalue weighted by molar-refractivity contribution is 14.1. The van der Waals surface area contributed by atoms with Gasteiger partial charge in [0.25, 0.3) is 5.56 Å². The molecule has 106 valence electrons. The van der Waals surface area contributed by atoms with Crippen LogP contribution in [0.1, 0.15) is 57.5 Å². The van der Waals surface area contributed by atoms with Crippen molar-refractivity contribution in [3.8, 4) is 0 Å². The highest BCUT2D eigenvalue weighted by Gasteiger charge is 2.37. The Bertz CT molecular complexity index is 487. The smallest absolute Gasteiger partial charge is 0.264 e. The summed E-state index contributed by atoms with van der Waals surface area (Å²) < 4.78 is 6.72. The summed E-state index contributed by atoms with van der Waals surface area (Å²) in [6, 6.07) is 0. The zero-order valence-corrected chi connectivity index (χ0v) is 13.7. The largest absolute Gasteiger partial charge is 0.367 e. The van der Waals surface area contributed by atoms with Gasteiger partial charge in [-0.3, -0.25) is 4.79 Å². The Labute approximate surface area is 127 Å². The average molecular weight is 376 g/mol. The fraction of sp³-hybridized carbons (Fsp3) is 0.714. The zero-order chi connectivity index (χ0) is 13.9. The lowest BCUT2D eigenvalue weighted by Crippen LogP contribution is -2.37. The van der Waals surface area contributed by atoms with E-state index in [4.69, 9.17) is 4.74 Å². The molecule has 2 rings (SSSR count). The van der Waals surface area contributed by atoms with E-state index in [2.05, 4.69) is 32.6 Å². The Morgan fingerprint density at radius 1 is 1.32 bits per heavy atom. The standard InChI is InChI=1S/C14H21IN2O2/c1-3-10-11(15)12(18)17-13(16-10)14(19-4-2)8-6-5-7-9-14/h3-9H2,1-2H3,(H,16,17,18). The van der Waals surface area contributed by atoms with Gasteiger partial charge in [0.1, 0.15) is 11.4 Å². The number of rotatable bonds is 4. The van der Waals surface area contributed by atoms with Gasteiger partial charge in [0.2, 0.25) is 0 Å². The van der Waals surface area contributed by atoms with Gasteiger partial charge in [-0.2, -0.15) is 0 Å². The van der Waals surface area contributed by atoms with Crippen LogP contribution in [0.4, 0.5) is 0 Å². The lowest BCUT2D eigenvalue weighted by Gasteiger charge is -2.36. The van der Waals surface area contributed by atoms with Crippen molar-refractivity contribution < 1.29 is 4.74 Å². The van der Waals surface area contributed by atoms with E-state index in [0.717, 1.165) is 43.6 Å². The first-order chi connectivity index (χ1) is 9.13. The fourth-order valence-electron chi connectivity index (χ4n) is 2.80. The zero-order valence-electron chi connectivity index (χ0n) is 11.6. The SMILES string of the molecule is CCOC1(c2nc(CC)c(I)c(=O)[nH]2)CCCCC1. The molecule has 0 atom stereocenters. The molecule has 1 aromatic rings. The molecule has 0 spiro atoms. The van der Waals surface area contributed by atoms with Crippen molar-refractivity contribution in [2.24, 2.45) is 0 Å². The van der Waals surface area contributed by atoms with Crippen LogP contribution >= 0.6 is 22.6 Å². The molecule has 4 nitrogen and oxygen atoms in total. The molecule has 1 aliphatic carbocycles. The molecule has 0 amide bonds. The van der Waals surface area contributed by atoms with Gasteiger partial charge in [-0.15, -0.1) is 0 Å². The van der Waals surface area contributed by atoms with E-state index in [-0.39, 0.29) is 11.2 Å². The summed E-state index contributed by atoms with van der Waals surface area (Å²) in [5.41, 5.74) is 0.469. The Kier molecular flexibility index (Phi) is 5.00. The Hall–Kier alpha value is -0.430. The third-order valence-corrected chi connectivity index (χ3v) is 4.89. The van der Waals surface area contributed by atoms with Gasteiger partial charge in [0, 0.05) is 6.61 Å². The molecule has 1 aromatic heterocycles. The van der Waals surface area contributed by atoms with Gasteiger partial charge < -0.3 is 9.72 Å². The van der Waals surface area contributed by atoms with Gasteiger partial charge in [-0.25, -0.2) is 4.98 Å². The first kappa shape index (κ1) is 15.0. The molecule has 1 aliphatic rings. The van der Waals surface area contributed by atoms with Crippen molar-refractivity contribution in [1.29, 1.82) is 0 Å². The highest BCUT2D eigenvalue weighted by atomic mass is 127. The monoisotopic (exact) mass is 376 g/mol. The minimum Gasteiger partial charge on any atom is -0.367 e. The van der Waals surface area contributed by atoms with E-state index < -0.39 is 0 Å². The van der Waals surface area contributed by atoms with Crippen molar-refractivity contribution in [2.75, 3.05) is 6.61 Å². The third kappa shape index (κ3) is 3.02. The van der Waals surface area contributed by atoms with E-state index >= 15 is 0 Å². The van der Waals surface area contributed by atoms with Gasteiger partial charge in [0.05, 0.1) is 9.26 Å². The summed E-state index contributed by atoms with van der Waals surface area (Å²) in [6.45, 7) is 4.68. The quantitative estimate of drug-likeness (QED) is 0.822. The molecule has 1 heterocycles. The second kappa shape index (κ2) is 6.35. The summed E-state index contributed by atoms with van der Waals surface area (Å²) in [5.74, 6) is 0.733. The van der Waals surface area contributed by atoms with Crippen molar-refractivity contribution >= 4 is 22.6 Å². The average Bonchev–Trinajstić information content (AvgIpc) is 2.43. The summed E-state index contributed by atoms with van der Waals surface area (Å²) in [5, 5.41) is 0. The van der Waals surface area contributed by atoms with Gasteiger partial charge >= 0.3 is 0 Å². The van der Waals surface area contributed by atoms with Crippen LogP contribution in [0.5, 0.6) is 0 Å². The molecular weight excluding hydrogens is 355 g/mol. The molecule has 5 heteroatoms. The summed E-state index contributed by atoms with van der Waals surface area (Å²) in [7, 11) is 0. The van der Waals surface area contributed by atoms with Crippen molar-refractivity contribution in [3.63, 3.8) is 0 Å². The normalized spacial score (nSPS) is 18.5. The van der Waals surface area contributed by atoms with E-state index in [0.29, 0.717) is 10.2 Å². The van der Waals surface area contributed by atoms with Crippen molar-refractivity contribution in [2.45, 2.75) is 58.0 Å². The molecular formula is C14H21IN2O2. The number of hydrogen-bond donors (Lipinski definition) is 1. The van der Waals surface area contributed by atoms with Gasteiger partial charge in [0.15, 0.2) is 0 Å². The van der Waals surface area contributed by atoms with Crippen molar-refractivity contribution in [1.82, 2.24) is 9.97 Å². The number of nitrogens with one attached hydrogen (secondary N) is 1. The molecule has 1 saturated carbocycles. The summed E-state index contributed by atoms with van der Waals surface area (Å²) in [4.78, 5) is 19.7. The van der Waals surface area contributed by atoms with Crippen LogP contribution in [-0.2, 0) is 16.8 Å². The predicted molar refractivity (Wildman–Crippen MR) is 83.3 cm³/mol. The van der Waals surface area contributed by atoms with Crippen LogP contribution in [-0.4, -0.2) is 16.6 Å². The molecule has 19 heavy (non-hydrogen) atoms. The number of aromatic nitrogens is 2. The van der Waals surface area contributed by atoms with Crippen LogP contribution in [0.25, 0.3) is 0 Å². The van der Waals surface area contributed by atoms with Crippen LogP contribution in [0.15, 0.2) is 4.79 Å². The topological polar surface area (TPSA) is 55.0 Å². The molecule has 0 saturated heterocycles. The highest BCUT2D eigenvalue weighted by Crippen LogP contribution is 2.38. The maximum absolute atomic E-state index is 12.1. The van der Waals surface area contributed by atoms with Crippen molar-refractivity contribution in [3.05, 3.63) is 25.4 Å². The molecule has 1 fully saturated rings. The molecule has 0 aromatic carbocycles. The lowest BCUT2D eigenvalue weighted by molar-refractivity contribution is -0.0770. The third-order valence-electron chi connectivity index (χ3n) is 3.78. The van der Waals surface area contributed by atoms with E-state index in [9.17, 15) is 4.79 Å². The first-order valence-electron chi connectivity index (χ1n) is 7.06. The maximum atomic E-state index is 12.1. The number of aryl methyl sites for hydroxylation is 1.